The third-order valence-electron chi connectivity index (χ3n) is 12.7. The van der Waals surface area contributed by atoms with Crippen LogP contribution in [-0.2, 0) is 14.3 Å². The third-order valence-corrected chi connectivity index (χ3v) is 12.7. The number of nitrogens with one attached hydrogen (secondary N) is 2. The highest BCUT2D eigenvalue weighted by Gasteiger charge is 2.39. The van der Waals surface area contributed by atoms with Crippen LogP contribution in [0.25, 0.3) is 0 Å². The Kier molecular flexibility index (Phi) is 14.8. The molecule has 0 aromatic rings. The summed E-state index contributed by atoms with van der Waals surface area (Å²) < 4.78 is 13.0. The molecule has 0 bridgehead atoms. The van der Waals surface area contributed by atoms with Crippen LogP contribution in [0, 0.1) is 0 Å². The lowest BCUT2D eigenvalue weighted by Gasteiger charge is -2.46. The van der Waals surface area contributed by atoms with Crippen molar-refractivity contribution >= 4 is 5.78 Å². The van der Waals surface area contributed by atoms with E-state index in [0.717, 1.165) is 65.4 Å². The lowest BCUT2D eigenvalue weighted by molar-refractivity contribution is -0.137. The molecule has 48 heavy (non-hydrogen) atoms. The van der Waals surface area contributed by atoms with Gasteiger partial charge in [-0.1, -0.05) is 12.8 Å². The Morgan fingerprint density at radius 1 is 0.562 bits per heavy atom. The van der Waals surface area contributed by atoms with Crippen molar-refractivity contribution in [3.63, 3.8) is 0 Å². The molecule has 6 rings (SSSR count). The SMILES string of the molecule is CN1CCC(N2CCN(C(COCC3CCCCN3)C(=O)C(COCC3CCCCN3)N3CCN(C4CCN(C)CC4)CC3)CC2)CC1. The van der Waals surface area contributed by atoms with Gasteiger partial charge in [-0.2, -0.15) is 0 Å². The average molecular weight is 675 g/mol. The Morgan fingerprint density at radius 2 is 0.958 bits per heavy atom. The van der Waals surface area contributed by atoms with E-state index in [1.807, 2.05) is 0 Å². The van der Waals surface area contributed by atoms with Gasteiger partial charge in [0, 0.05) is 76.5 Å². The van der Waals surface area contributed by atoms with Crippen LogP contribution < -0.4 is 10.6 Å². The van der Waals surface area contributed by atoms with Crippen molar-refractivity contribution in [1.82, 2.24) is 40.0 Å². The second-order valence-electron chi connectivity index (χ2n) is 16.0. The molecule has 2 N–H and O–H groups in total. The van der Waals surface area contributed by atoms with Crippen LogP contribution >= 0.6 is 0 Å². The van der Waals surface area contributed by atoms with Gasteiger partial charge in [-0.3, -0.25) is 24.4 Å². The van der Waals surface area contributed by atoms with Crippen LogP contribution in [-0.4, -0.2) is 204 Å². The number of rotatable bonds is 14. The molecule has 6 aliphatic rings. The molecule has 0 aliphatic carbocycles. The molecule has 6 saturated heterocycles. The number of Topliss-reactive ketones (excluding diaryl/α,β-unsaturated/α-hetero) is 1. The quantitative estimate of drug-likeness (QED) is 0.278. The topological polar surface area (TPSA) is 79.0 Å². The average Bonchev–Trinajstić information content (AvgIpc) is 3.14. The first kappa shape index (κ1) is 37.0. The van der Waals surface area contributed by atoms with Crippen molar-refractivity contribution in [1.29, 1.82) is 0 Å². The molecule has 276 valence electrons. The first-order chi connectivity index (χ1) is 23.5. The minimum absolute atomic E-state index is 0.221. The van der Waals surface area contributed by atoms with Gasteiger partial charge in [0.15, 0.2) is 5.78 Å². The van der Waals surface area contributed by atoms with Gasteiger partial charge < -0.3 is 29.9 Å². The van der Waals surface area contributed by atoms with E-state index >= 15 is 0 Å². The van der Waals surface area contributed by atoms with Gasteiger partial charge in [0.2, 0.25) is 0 Å². The van der Waals surface area contributed by atoms with E-state index in [1.165, 1.54) is 90.4 Å². The summed E-state index contributed by atoms with van der Waals surface area (Å²) in [5.74, 6) is 0.323. The first-order valence-electron chi connectivity index (χ1n) is 20.0. The van der Waals surface area contributed by atoms with Crippen molar-refractivity contribution < 1.29 is 14.3 Å². The highest BCUT2D eigenvalue weighted by Crippen LogP contribution is 2.23. The number of hydrogen-bond acceptors (Lipinski definition) is 11. The van der Waals surface area contributed by atoms with Gasteiger partial charge in [0.05, 0.1) is 38.5 Å². The number of ether oxygens (including phenoxy) is 2. The van der Waals surface area contributed by atoms with E-state index in [0.29, 0.717) is 56.4 Å². The molecular weight excluding hydrogens is 604 g/mol. The fourth-order valence-corrected chi connectivity index (χ4v) is 9.28. The Labute approximate surface area is 292 Å². The standard InChI is InChI=1S/C37H70N8O3/c1-40-15-9-33(10-16-40)42-19-23-44(24-20-42)35(29-47-27-31-7-3-5-13-38-31)37(46)36(30-48-28-32-8-4-6-14-39-32)45-25-21-43(22-26-45)34-11-17-41(2)18-12-34/h31-36,38-39H,3-30H2,1-2H3. The largest absolute Gasteiger partial charge is 0.378 e. The van der Waals surface area contributed by atoms with E-state index in [-0.39, 0.29) is 12.1 Å². The number of nitrogens with zero attached hydrogens (tertiary/aromatic N) is 6. The van der Waals surface area contributed by atoms with Crippen LogP contribution in [0.3, 0.4) is 0 Å². The Balaban J connectivity index is 1.11. The summed E-state index contributed by atoms with van der Waals surface area (Å²) in [4.78, 5) is 30.2. The number of ketones is 1. The lowest BCUT2D eigenvalue weighted by Crippen LogP contribution is -2.62. The first-order valence-corrected chi connectivity index (χ1v) is 20.0. The lowest BCUT2D eigenvalue weighted by atomic mass is 9.99. The molecule has 0 aromatic carbocycles. The predicted molar refractivity (Wildman–Crippen MR) is 193 cm³/mol. The van der Waals surface area contributed by atoms with Gasteiger partial charge in [-0.25, -0.2) is 0 Å². The van der Waals surface area contributed by atoms with E-state index in [9.17, 15) is 4.79 Å². The number of carbonyl (C=O) groups is 1. The van der Waals surface area contributed by atoms with Crippen LogP contribution in [0.5, 0.6) is 0 Å². The fraction of sp³-hybridized carbons (Fsp3) is 0.973. The van der Waals surface area contributed by atoms with Crippen molar-refractivity contribution in [2.24, 2.45) is 0 Å². The van der Waals surface area contributed by atoms with Gasteiger partial charge >= 0.3 is 0 Å². The molecule has 0 amide bonds. The zero-order valence-corrected chi connectivity index (χ0v) is 30.7. The molecule has 6 heterocycles. The monoisotopic (exact) mass is 675 g/mol. The Hall–Kier alpha value is -0.730. The second-order valence-corrected chi connectivity index (χ2v) is 16.0. The third kappa shape index (κ3) is 10.7. The highest BCUT2D eigenvalue weighted by molar-refractivity contribution is 5.89. The van der Waals surface area contributed by atoms with Crippen LogP contribution in [0.1, 0.15) is 64.2 Å². The van der Waals surface area contributed by atoms with Crippen molar-refractivity contribution in [2.45, 2.75) is 100 Å². The van der Waals surface area contributed by atoms with Crippen LogP contribution in [0.4, 0.5) is 0 Å². The molecule has 6 fully saturated rings. The summed E-state index contributed by atoms with van der Waals surface area (Å²) in [5.41, 5.74) is 0. The Bertz CT molecular complexity index is 846. The minimum Gasteiger partial charge on any atom is -0.378 e. The second kappa shape index (κ2) is 19.2. The number of likely N-dealkylation sites (tertiary alicyclic amines) is 2. The normalized spacial score (nSPS) is 30.8. The summed E-state index contributed by atoms with van der Waals surface area (Å²) in [6.45, 7) is 17.3. The van der Waals surface area contributed by atoms with Gasteiger partial charge in [-0.15, -0.1) is 0 Å². The zero-order valence-electron chi connectivity index (χ0n) is 30.7. The maximum atomic E-state index is 14.9. The summed E-state index contributed by atoms with van der Waals surface area (Å²) in [7, 11) is 4.49. The predicted octanol–water partition coefficient (Wildman–Crippen LogP) is 1.03. The molecule has 11 heteroatoms. The van der Waals surface area contributed by atoms with E-state index < -0.39 is 0 Å². The summed E-state index contributed by atoms with van der Waals surface area (Å²) in [5, 5.41) is 7.28. The highest BCUT2D eigenvalue weighted by atomic mass is 16.5. The van der Waals surface area contributed by atoms with E-state index in [1.54, 1.807) is 0 Å². The van der Waals surface area contributed by atoms with E-state index in [2.05, 4.69) is 54.1 Å². The molecule has 0 radical (unpaired) electrons. The molecule has 11 nitrogen and oxygen atoms in total. The fourth-order valence-electron chi connectivity index (χ4n) is 9.28. The van der Waals surface area contributed by atoms with Gasteiger partial charge in [0.1, 0.15) is 0 Å². The minimum atomic E-state index is -0.221. The van der Waals surface area contributed by atoms with Gasteiger partial charge in [0.25, 0.3) is 0 Å². The molecule has 4 unspecified atom stereocenters. The van der Waals surface area contributed by atoms with Crippen molar-refractivity contribution in [3.05, 3.63) is 0 Å². The molecule has 4 atom stereocenters. The van der Waals surface area contributed by atoms with E-state index in [4.69, 9.17) is 9.47 Å². The van der Waals surface area contributed by atoms with Crippen LogP contribution in [0.2, 0.25) is 0 Å². The number of piperazine rings is 2. The molecular formula is C37H70N8O3. The summed E-state index contributed by atoms with van der Waals surface area (Å²) in [6, 6.07) is 1.74. The molecule has 0 aromatic heterocycles. The molecule has 6 aliphatic heterocycles. The Morgan fingerprint density at radius 3 is 1.31 bits per heavy atom. The smallest absolute Gasteiger partial charge is 0.171 e. The number of piperidine rings is 4. The zero-order chi connectivity index (χ0) is 33.1. The number of carbonyl (C=O) groups excluding carboxylic acids is 1. The maximum Gasteiger partial charge on any atom is 0.171 e. The van der Waals surface area contributed by atoms with Gasteiger partial charge in [-0.05, 0) is 105 Å². The summed E-state index contributed by atoms with van der Waals surface area (Å²) in [6.07, 6.45) is 12.4. The maximum absolute atomic E-state index is 14.9. The molecule has 0 saturated carbocycles. The van der Waals surface area contributed by atoms with Crippen molar-refractivity contribution in [3.8, 4) is 0 Å². The van der Waals surface area contributed by atoms with Crippen molar-refractivity contribution in [2.75, 3.05) is 132 Å². The number of hydrogen-bond donors (Lipinski definition) is 2. The molecule has 0 spiro atoms. The summed E-state index contributed by atoms with van der Waals surface area (Å²) >= 11 is 0. The van der Waals surface area contributed by atoms with Crippen LogP contribution in [0.15, 0.2) is 0 Å².